The van der Waals surface area contributed by atoms with Crippen molar-refractivity contribution in [3.63, 3.8) is 0 Å². The van der Waals surface area contributed by atoms with Crippen LogP contribution in [0.2, 0.25) is 0 Å². The molecule has 0 saturated carbocycles. The van der Waals surface area contributed by atoms with Gasteiger partial charge in [-0.15, -0.1) is 0 Å². The van der Waals surface area contributed by atoms with Crippen molar-refractivity contribution in [1.29, 1.82) is 0 Å². The maximum atomic E-state index is 13.8. The van der Waals surface area contributed by atoms with Crippen LogP contribution in [0.4, 0.5) is 4.39 Å². The zero-order chi connectivity index (χ0) is 26.7. The van der Waals surface area contributed by atoms with E-state index in [-0.39, 0.29) is 16.6 Å². The summed E-state index contributed by atoms with van der Waals surface area (Å²) in [5, 5.41) is 0. The lowest BCUT2D eigenvalue weighted by Crippen LogP contribution is -2.27. The summed E-state index contributed by atoms with van der Waals surface area (Å²) < 4.78 is 42.7. The summed E-state index contributed by atoms with van der Waals surface area (Å²) >= 11 is 0. The number of aldehydes is 1. The van der Waals surface area contributed by atoms with E-state index in [2.05, 4.69) is 4.72 Å². The average Bonchev–Trinajstić information content (AvgIpc) is 3.04. The van der Waals surface area contributed by atoms with Gasteiger partial charge in [0, 0.05) is 17.7 Å². The molecule has 0 spiro atoms. The summed E-state index contributed by atoms with van der Waals surface area (Å²) in [7, 11) is 0.196. The Morgan fingerprint density at radius 3 is 2.49 bits per heavy atom. The van der Waals surface area contributed by atoms with Gasteiger partial charge in [-0.1, -0.05) is 32.0 Å². The number of rotatable bonds is 9. The van der Waals surface area contributed by atoms with Crippen LogP contribution < -0.4 is 4.72 Å². The second kappa shape index (κ2) is 11.2. The van der Waals surface area contributed by atoms with Crippen LogP contribution in [0.25, 0.3) is 22.4 Å². The van der Waals surface area contributed by atoms with Crippen LogP contribution >= 0.6 is 0 Å². The fourth-order valence-corrected chi connectivity index (χ4v) is 6.03. The van der Waals surface area contributed by atoms with Crippen LogP contribution in [0.3, 0.4) is 0 Å². The van der Waals surface area contributed by atoms with Crippen LogP contribution in [-0.4, -0.2) is 51.8 Å². The molecule has 0 atom stereocenters. The molecular weight excluding hydrogens is 489 g/mol. The smallest absolute Gasteiger partial charge is 0.240 e. The van der Waals surface area contributed by atoms with Crippen LogP contribution in [0, 0.1) is 5.82 Å². The topological polar surface area (TPSA) is 79.4 Å². The number of nitrogens with zero attached hydrogens (tertiary/aromatic N) is 2. The minimum atomic E-state index is -3.71. The van der Waals surface area contributed by atoms with Crippen molar-refractivity contribution in [2.45, 2.75) is 50.3 Å². The van der Waals surface area contributed by atoms with Gasteiger partial charge in [0.1, 0.15) is 5.82 Å². The monoisotopic (exact) mass is 523 g/mol. The van der Waals surface area contributed by atoms with Gasteiger partial charge in [-0.05, 0) is 98.8 Å². The van der Waals surface area contributed by atoms with Crippen LogP contribution in [-0.2, 0) is 22.9 Å². The Morgan fingerprint density at radius 2 is 1.84 bits per heavy atom. The summed E-state index contributed by atoms with van der Waals surface area (Å²) in [5.74, 6) is -0.388. The highest BCUT2D eigenvalue weighted by Crippen LogP contribution is 2.41. The summed E-state index contributed by atoms with van der Waals surface area (Å²) in [6.45, 7) is 5.09. The number of carbonyl (C=O) groups excluding carboxylic acids is 1. The summed E-state index contributed by atoms with van der Waals surface area (Å²) in [4.78, 5) is 19.5. The standard InChI is InChI=1S/C29H34FN3O3S/c1-19(2)28-26(18-34)27(21-9-12-22(30)13-10-21)24-8-5-7-20-11-14-23(17-25(20)29(24)32-28)37(35,36)31-15-6-16-33(3)4/h9-14,17-19,31H,5-8,15-16H2,1-4H3. The van der Waals surface area contributed by atoms with Crippen molar-refractivity contribution in [2.75, 3.05) is 27.2 Å². The second-order valence-electron chi connectivity index (χ2n) is 10.1. The Morgan fingerprint density at radius 1 is 1.11 bits per heavy atom. The summed E-state index contributed by atoms with van der Waals surface area (Å²) in [5.41, 5.74) is 6.05. The fraction of sp³-hybridized carbons (Fsp3) is 0.379. The number of hydrogen-bond acceptors (Lipinski definition) is 5. The number of benzene rings is 2. The lowest BCUT2D eigenvalue weighted by atomic mass is 9.87. The average molecular weight is 524 g/mol. The number of aryl methyl sites for hydroxylation is 1. The SMILES string of the molecule is CC(C)c1nc2c(c(-c3ccc(F)cc3)c1C=O)CCCc1ccc(S(=O)(=O)NCCCN(C)C)cc1-2. The van der Waals surface area contributed by atoms with Crippen molar-refractivity contribution < 1.29 is 17.6 Å². The predicted molar refractivity (Wildman–Crippen MR) is 145 cm³/mol. The molecule has 6 nitrogen and oxygen atoms in total. The molecule has 1 heterocycles. The molecule has 4 rings (SSSR count). The normalized spacial score (nSPS) is 13.4. The van der Waals surface area contributed by atoms with E-state index in [4.69, 9.17) is 4.98 Å². The van der Waals surface area contributed by atoms with Gasteiger partial charge in [0.25, 0.3) is 0 Å². The molecule has 2 aromatic carbocycles. The first-order valence-corrected chi connectivity index (χ1v) is 14.2. The number of carbonyl (C=O) groups is 1. The number of sulfonamides is 1. The lowest BCUT2D eigenvalue weighted by molar-refractivity contribution is 0.112. The number of fused-ring (bicyclic) bond motifs is 3. The van der Waals surface area contributed by atoms with E-state index in [1.807, 2.05) is 38.9 Å². The van der Waals surface area contributed by atoms with Crippen molar-refractivity contribution in [2.24, 2.45) is 0 Å². The zero-order valence-corrected chi connectivity index (χ0v) is 22.7. The van der Waals surface area contributed by atoms with Gasteiger partial charge < -0.3 is 4.90 Å². The lowest BCUT2D eigenvalue weighted by Gasteiger charge is -2.21. The minimum Gasteiger partial charge on any atom is -0.309 e. The van der Waals surface area contributed by atoms with Crippen molar-refractivity contribution in [1.82, 2.24) is 14.6 Å². The minimum absolute atomic E-state index is 0.0401. The van der Waals surface area contributed by atoms with E-state index in [1.165, 1.54) is 12.1 Å². The van der Waals surface area contributed by atoms with Crippen LogP contribution in [0.15, 0.2) is 47.4 Å². The van der Waals surface area contributed by atoms with E-state index in [1.54, 1.807) is 24.3 Å². The van der Waals surface area contributed by atoms with Gasteiger partial charge in [-0.2, -0.15) is 0 Å². The third kappa shape index (κ3) is 5.81. The quantitative estimate of drug-likeness (QED) is 0.308. The molecule has 1 aliphatic rings. The molecule has 196 valence electrons. The molecule has 1 aromatic heterocycles. The van der Waals surface area contributed by atoms with Crippen molar-refractivity contribution in [3.05, 3.63) is 70.7 Å². The molecule has 0 aliphatic heterocycles. The third-order valence-corrected chi connectivity index (χ3v) is 8.22. The Kier molecular flexibility index (Phi) is 8.21. The molecule has 1 aliphatic carbocycles. The molecule has 3 aromatic rings. The molecule has 0 unspecified atom stereocenters. The number of hydrogen-bond donors (Lipinski definition) is 1. The van der Waals surface area contributed by atoms with E-state index in [0.717, 1.165) is 53.5 Å². The Labute approximate surface area is 219 Å². The first-order chi connectivity index (χ1) is 17.6. The number of nitrogens with one attached hydrogen (secondary N) is 1. The number of pyridine rings is 1. The summed E-state index contributed by atoms with van der Waals surface area (Å²) in [6.07, 6.45) is 3.80. The molecule has 8 heteroatoms. The van der Waals surface area contributed by atoms with Gasteiger partial charge in [-0.3, -0.25) is 9.78 Å². The Bertz CT molecular complexity index is 1400. The second-order valence-corrected chi connectivity index (χ2v) is 11.9. The van der Waals surface area contributed by atoms with E-state index in [0.29, 0.717) is 36.3 Å². The first-order valence-electron chi connectivity index (χ1n) is 12.7. The molecule has 0 fully saturated rings. The maximum absolute atomic E-state index is 13.8. The van der Waals surface area contributed by atoms with Gasteiger partial charge in [0.15, 0.2) is 6.29 Å². The molecule has 37 heavy (non-hydrogen) atoms. The molecule has 0 amide bonds. The van der Waals surface area contributed by atoms with Gasteiger partial charge in [0.05, 0.1) is 16.3 Å². The van der Waals surface area contributed by atoms with E-state index in [9.17, 15) is 17.6 Å². The fourth-order valence-electron chi connectivity index (χ4n) is 4.93. The largest absolute Gasteiger partial charge is 0.309 e. The van der Waals surface area contributed by atoms with E-state index < -0.39 is 10.0 Å². The highest BCUT2D eigenvalue weighted by atomic mass is 32.2. The molecular formula is C29H34FN3O3S. The van der Waals surface area contributed by atoms with Crippen molar-refractivity contribution >= 4 is 16.3 Å². The third-order valence-electron chi connectivity index (χ3n) is 6.76. The van der Waals surface area contributed by atoms with Gasteiger partial charge in [0.2, 0.25) is 10.0 Å². The highest BCUT2D eigenvalue weighted by Gasteiger charge is 2.27. The number of aromatic nitrogens is 1. The first kappa shape index (κ1) is 27.1. The molecule has 0 saturated heterocycles. The maximum Gasteiger partial charge on any atom is 0.240 e. The Hall–Kier alpha value is -2.94. The van der Waals surface area contributed by atoms with Gasteiger partial charge in [-0.25, -0.2) is 17.5 Å². The predicted octanol–water partition coefficient (Wildman–Crippen LogP) is 5.21. The number of halogens is 1. The Balaban J connectivity index is 1.88. The van der Waals surface area contributed by atoms with Crippen LogP contribution in [0.5, 0.6) is 0 Å². The molecule has 1 N–H and O–H groups in total. The summed E-state index contributed by atoms with van der Waals surface area (Å²) in [6, 6.07) is 11.4. The highest BCUT2D eigenvalue weighted by molar-refractivity contribution is 7.89. The van der Waals surface area contributed by atoms with E-state index >= 15 is 0 Å². The molecule has 0 radical (unpaired) electrons. The van der Waals surface area contributed by atoms with Gasteiger partial charge >= 0.3 is 0 Å². The van der Waals surface area contributed by atoms with Crippen molar-refractivity contribution in [3.8, 4) is 22.4 Å². The van der Waals surface area contributed by atoms with Crippen LogP contribution in [0.1, 0.15) is 59.8 Å². The molecule has 0 bridgehead atoms. The zero-order valence-electron chi connectivity index (χ0n) is 21.8.